The summed E-state index contributed by atoms with van der Waals surface area (Å²) in [5.74, 6) is 0.238. The van der Waals surface area contributed by atoms with Crippen LogP contribution in [-0.2, 0) is 25.7 Å². The van der Waals surface area contributed by atoms with E-state index >= 15 is 0 Å². The van der Waals surface area contributed by atoms with E-state index in [1.54, 1.807) is 22.0 Å². The number of hydrogen-bond donors (Lipinski definition) is 1. The van der Waals surface area contributed by atoms with Crippen LogP contribution in [0.15, 0.2) is 42.7 Å². The van der Waals surface area contributed by atoms with Gasteiger partial charge in [0, 0.05) is 76.8 Å². The van der Waals surface area contributed by atoms with Crippen LogP contribution in [0, 0.1) is 34.0 Å². The lowest BCUT2D eigenvalue weighted by molar-refractivity contribution is -0.151. The molecule has 1 aromatic heterocycles. The second-order valence-corrected chi connectivity index (χ2v) is 16.7. The molecule has 280 valence electrons. The third-order valence-corrected chi connectivity index (χ3v) is 12.3. The van der Waals surface area contributed by atoms with E-state index in [4.69, 9.17) is 4.74 Å². The molecule has 2 aromatic rings. The fourth-order valence-electron chi connectivity index (χ4n) is 8.61. The summed E-state index contributed by atoms with van der Waals surface area (Å²) in [6.07, 6.45) is 12.7. The Hall–Kier alpha value is -3.73. The van der Waals surface area contributed by atoms with Gasteiger partial charge in [-0.15, -0.1) is 0 Å². The van der Waals surface area contributed by atoms with Crippen molar-refractivity contribution in [2.75, 3.05) is 59.0 Å². The Bertz CT molecular complexity index is 1530. The van der Waals surface area contributed by atoms with Gasteiger partial charge in [0.15, 0.2) is 0 Å². The average Bonchev–Trinajstić information content (AvgIpc) is 3.37. The average molecular weight is 705 g/mol. The highest BCUT2D eigenvalue weighted by Crippen LogP contribution is 2.54. The van der Waals surface area contributed by atoms with Crippen molar-refractivity contribution >= 4 is 24.1 Å². The van der Waals surface area contributed by atoms with Gasteiger partial charge in [-0.25, -0.2) is 0 Å². The van der Waals surface area contributed by atoms with Crippen LogP contribution >= 0.6 is 0 Å². The van der Waals surface area contributed by atoms with Crippen molar-refractivity contribution < 1.29 is 25.3 Å². The number of carbonyl (C=O) groups is 4. The monoisotopic (exact) mass is 704 g/mol. The highest BCUT2D eigenvalue weighted by Gasteiger charge is 2.61. The van der Waals surface area contributed by atoms with Crippen molar-refractivity contribution in [1.82, 2.24) is 29.8 Å². The van der Waals surface area contributed by atoms with Crippen LogP contribution in [0.1, 0.15) is 90.0 Å². The van der Waals surface area contributed by atoms with Crippen molar-refractivity contribution in [3.63, 3.8) is 0 Å². The topological polar surface area (TPSA) is 117 Å². The zero-order valence-electron chi connectivity index (χ0n) is 31.1. The molecule has 5 fully saturated rings. The first-order valence-electron chi connectivity index (χ1n) is 19.2. The molecule has 4 heterocycles. The molecule has 3 aliphatic heterocycles. The molecule has 4 amide bonds. The van der Waals surface area contributed by atoms with Gasteiger partial charge in [0.1, 0.15) is 0 Å². The molecular formula is C40H60N6O5. The van der Waals surface area contributed by atoms with E-state index < -0.39 is 5.41 Å². The summed E-state index contributed by atoms with van der Waals surface area (Å²) in [6.45, 7) is 14.7. The van der Waals surface area contributed by atoms with Gasteiger partial charge in [0.25, 0.3) is 5.91 Å². The molecule has 51 heavy (non-hydrogen) atoms. The van der Waals surface area contributed by atoms with Gasteiger partial charge in [-0.1, -0.05) is 77.3 Å². The van der Waals surface area contributed by atoms with E-state index in [9.17, 15) is 19.2 Å². The molecule has 2 saturated carbocycles. The van der Waals surface area contributed by atoms with Crippen LogP contribution in [0.4, 0.5) is 0 Å². The molecule has 7 rings (SSSR count). The van der Waals surface area contributed by atoms with Crippen LogP contribution in [0.5, 0.6) is 0 Å². The second kappa shape index (κ2) is 15.5. The van der Waals surface area contributed by atoms with E-state index in [0.717, 1.165) is 50.7 Å². The van der Waals surface area contributed by atoms with Gasteiger partial charge < -0.3 is 24.8 Å². The highest BCUT2D eigenvalue weighted by molar-refractivity contribution is 5.95. The molecule has 11 nitrogen and oxygen atoms in total. The Balaban J connectivity index is 0.000000451. The predicted octanol–water partition coefficient (Wildman–Crippen LogP) is 4.71. The smallest absolute Gasteiger partial charge is 0.257 e. The Morgan fingerprint density at radius 1 is 1.04 bits per heavy atom. The van der Waals surface area contributed by atoms with E-state index in [1.807, 2.05) is 40.1 Å². The van der Waals surface area contributed by atoms with E-state index in [-0.39, 0.29) is 36.4 Å². The van der Waals surface area contributed by atoms with Gasteiger partial charge in [-0.2, -0.15) is 5.10 Å². The molecule has 3 atom stereocenters. The number of nitrogens with zero attached hydrogens (tertiary/aromatic N) is 5. The molecule has 2 aliphatic carbocycles. The number of nitrogens with one attached hydrogen (secondary N) is 1. The van der Waals surface area contributed by atoms with Gasteiger partial charge in [0.05, 0.1) is 30.8 Å². The van der Waals surface area contributed by atoms with Gasteiger partial charge in [0.2, 0.25) is 18.2 Å². The quantitative estimate of drug-likeness (QED) is 0.225. The molecule has 2 unspecified atom stereocenters. The predicted molar refractivity (Wildman–Crippen MR) is 197 cm³/mol. The van der Waals surface area contributed by atoms with Gasteiger partial charge in [-0.3, -0.25) is 23.9 Å². The Labute approximate surface area is 304 Å². The minimum atomic E-state index is -0.427. The van der Waals surface area contributed by atoms with Crippen molar-refractivity contribution in [1.29, 1.82) is 0 Å². The zero-order valence-corrected chi connectivity index (χ0v) is 31.1. The van der Waals surface area contributed by atoms with Gasteiger partial charge >= 0.3 is 0 Å². The molecule has 5 aliphatic rings. The molecule has 1 N–H and O–H groups in total. The van der Waals surface area contributed by atoms with Crippen LogP contribution in [0.25, 0.3) is 0 Å². The van der Waals surface area contributed by atoms with Crippen LogP contribution in [0.2, 0.25) is 0 Å². The number of likely N-dealkylation sites (tertiary alicyclic amines) is 3. The summed E-state index contributed by atoms with van der Waals surface area (Å²) in [5.41, 5.74) is 1.86. The van der Waals surface area contributed by atoms with Crippen molar-refractivity contribution in [2.45, 2.75) is 79.2 Å². The molecule has 0 radical (unpaired) electrons. The van der Waals surface area contributed by atoms with E-state index in [0.29, 0.717) is 69.4 Å². The number of carbonyl (C=O) groups excluding carboxylic acids is 4. The number of rotatable bonds is 14. The van der Waals surface area contributed by atoms with E-state index in [2.05, 4.69) is 38.1 Å². The Morgan fingerprint density at radius 3 is 2.35 bits per heavy atom. The van der Waals surface area contributed by atoms with Crippen LogP contribution in [0.3, 0.4) is 0 Å². The molecular weight excluding hydrogens is 644 g/mol. The lowest BCUT2D eigenvalue weighted by Gasteiger charge is -2.54. The summed E-state index contributed by atoms with van der Waals surface area (Å²) < 4.78 is 7.63. The summed E-state index contributed by atoms with van der Waals surface area (Å²) in [7, 11) is 0. The number of hydrogen-bond acceptors (Lipinski definition) is 6. The third-order valence-electron chi connectivity index (χ3n) is 12.3. The fraction of sp³-hybridized carbons (Fsp3) is 0.675. The third kappa shape index (κ3) is 8.34. The molecule has 1 aromatic carbocycles. The summed E-state index contributed by atoms with van der Waals surface area (Å²) in [5, 5.41) is 7.49. The van der Waals surface area contributed by atoms with Crippen LogP contribution in [-0.4, -0.2) is 108 Å². The standard InChI is InChI=1S/C33H47N5O4.C7H11NO.H2/c1-5-10-24(6-2)20-42-14-13-34-29(39)28-19-36(21-33(28)22-37(23-33)31(41)27-15-32(27,3)4)30(40)26-16-35-38(18-26)17-25-11-8-7-9-12-25;9-6-8-4-7(5-8)2-1-3-7;/h7-9,11-12,16,18,24,27-28H,5-6,10,13-15,17,19-23H2,1-4H3,(H,34,39);6H,1-5H2;1H/t24?,27-,28?;;/m1../s1. The molecule has 11 heteroatoms. The van der Waals surface area contributed by atoms with Gasteiger partial charge in [-0.05, 0) is 42.6 Å². The summed E-state index contributed by atoms with van der Waals surface area (Å²) in [4.78, 5) is 55.9. The normalized spacial score (nSPS) is 23.7. The lowest BCUT2D eigenvalue weighted by atomic mass is 9.64. The zero-order chi connectivity index (χ0) is 36.2. The van der Waals surface area contributed by atoms with Crippen molar-refractivity contribution in [3.05, 3.63) is 53.9 Å². The molecule has 2 spiro atoms. The fourth-order valence-corrected chi connectivity index (χ4v) is 8.61. The number of aromatic nitrogens is 2. The van der Waals surface area contributed by atoms with Crippen molar-refractivity contribution in [2.24, 2.45) is 34.0 Å². The largest absolute Gasteiger partial charge is 0.379 e. The Kier molecular flexibility index (Phi) is 11.2. The maximum absolute atomic E-state index is 13.6. The maximum atomic E-state index is 13.6. The van der Waals surface area contributed by atoms with Crippen LogP contribution < -0.4 is 5.32 Å². The number of benzene rings is 1. The van der Waals surface area contributed by atoms with Crippen molar-refractivity contribution in [3.8, 4) is 0 Å². The molecule has 3 saturated heterocycles. The Morgan fingerprint density at radius 2 is 1.75 bits per heavy atom. The minimum Gasteiger partial charge on any atom is -0.379 e. The minimum absolute atomic E-state index is 0. The first-order chi connectivity index (χ1) is 24.5. The summed E-state index contributed by atoms with van der Waals surface area (Å²) in [6, 6.07) is 10.00. The summed E-state index contributed by atoms with van der Waals surface area (Å²) >= 11 is 0. The van der Waals surface area contributed by atoms with E-state index in [1.165, 1.54) is 19.3 Å². The highest BCUT2D eigenvalue weighted by atomic mass is 16.5. The lowest BCUT2D eigenvalue weighted by Crippen LogP contribution is -2.64. The first-order valence-corrected chi connectivity index (χ1v) is 19.2. The SMILES string of the molecule is CCCC(CC)COCCNC(=O)C1CN(C(=O)c2cnn(Cc3ccccc3)c2)CC12CN(C(=O)[C@H]1CC1(C)C)C2.O=CN1CC2(CCC2)C1.[HH]. The molecule has 0 bridgehead atoms. The number of ether oxygens (including phenoxy) is 1. The maximum Gasteiger partial charge on any atom is 0.257 e. The number of amides is 4. The second-order valence-electron chi connectivity index (χ2n) is 16.7. The first kappa shape index (κ1) is 37.0.